The predicted octanol–water partition coefficient (Wildman–Crippen LogP) is 2.58. The normalized spacial score (nSPS) is 39.0. The number of aliphatic hydroxyl groups excluding tert-OH is 1. The van der Waals surface area contributed by atoms with Crippen LogP contribution in [-0.4, -0.2) is 11.2 Å². The zero-order chi connectivity index (χ0) is 8.27. The third-order valence-corrected chi connectivity index (χ3v) is 3.03. The minimum Gasteiger partial charge on any atom is -0.393 e. The highest BCUT2D eigenvalue weighted by Gasteiger charge is 2.25. The summed E-state index contributed by atoms with van der Waals surface area (Å²) >= 11 is 0. The molecule has 0 bridgehead atoms. The van der Waals surface area contributed by atoms with E-state index < -0.39 is 0 Å². The van der Waals surface area contributed by atoms with Crippen molar-refractivity contribution in [3.05, 3.63) is 0 Å². The number of hydrogen-bond donors (Lipinski definition) is 1. The summed E-state index contributed by atoms with van der Waals surface area (Å²) in [5.74, 6) is 1.59. The van der Waals surface area contributed by atoms with Gasteiger partial charge in [-0.25, -0.2) is 0 Å². The minimum absolute atomic E-state index is 0.00125. The van der Waals surface area contributed by atoms with Crippen molar-refractivity contribution in [1.82, 2.24) is 0 Å². The summed E-state index contributed by atoms with van der Waals surface area (Å²) in [6.45, 7) is 4.46. The van der Waals surface area contributed by atoms with Gasteiger partial charge in [-0.2, -0.15) is 0 Å². The van der Waals surface area contributed by atoms with E-state index in [1.54, 1.807) is 0 Å². The van der Waals surface area contributed by atoms with Crippen LogP contribution in [0.4, 0.5) is 0 Å². The number of hydrogen-bond acceptors (Lipinski definition) is 1. The van der Waals surface area contributed by atoms with Crippen LogP contribution >= 0.6 is 0 Å². The molecule has 1 saturated carbocycles. The molecule has 3 atom stereocenters. The van der Waals surface area contributed by atoms with Gasteiger partial charge in [0, 0.05) is 0 Å². The molecule has 1 aliphatic carbocycles. The van der Waals surface area contributed by atoms with Gasteiger partial charge < -0.3 is 5.11 Å². The summed E-state index contributed by atoms with van der Waals surface area (Å²) in [6, 6.07) is 0. The van der Waals surface area contributed by atoms with Crippen molar-refractivity contribution in [2.75, 3.05) is 0 Å². The third-order valence-electron chi connectivity index (χ3n) is 3.03. The molecule has 0 aromatic rings. The zero-order valence-electron chi connectivity index (χ0n) is 7.71. The molecule has 0 amide bonds. The molecular formula is C10H20O. The van der Waals surface area contributed by atoms with E-state index in [0.717, 1.165) is 24.7 Å². The molecule has 66 valence electrons. The van der Waals surface area contributed by atoms with E-state index in [2.05, 4.69) is 13.8 Å². The molecule has 11 heavy (non-hydrogen) atoms. The Labute approximate surface area is 69.8 Å². The maximum atomic E-state index is 9.51. The lowest BCUT2D eigenvalue weighted by atomic mass is 9.77. The Bertz CT molecular complexity index is 99.4. The van der Waals surface area contributed by atoms with Gasteiger partial charge in [-0.05, 0) is 31.1 Å². The molecule has 0 heterocycles. The second-order valence-electron chi connectivity index (χ2n) is 3.91. The van der Waals surface area contributed by atoms with Crippen molar-refractivity contribution >= 4 is 0 Å². The third kappa shape index (κ3) is 2.48. The van der Waals surface area contributed by atoms with Crippen molar-refractivity contribution < 1.29 is 5.11 Å². The van der Waals surface area contributed by atoms with Crippen molar-refractivity contribution in [2.24, 2.45) is 11.8 Å². The number of aliphatic hydroxyl groups is 1. The maximum absolute atomic E-state index is 9.51. The van der Waals surface area contributed by atoms with E-state index in [-0.39, 0.29) is 6.10 Å². The van der Waals surface area contributed by atoms with Crippen LogP contribution in [-0.2, 0) is 0 Å². The van der Waals surface area contributed by atoms with E-state index in [0.29, 0.717) is 0 Å². The van der Waals surface area contributed by atoms with Gasteiger partial charge >= 0.3 is 0 Å². The maximum Gasteiger partial charge on any atom is 0.0545 e. The van der Waals surface area contributed by atoms with Crippen LogP contribution in [0.25, 0.3) is 0 Å². The van der Waals surface area contributed by atoms with Crippen LogP contribution in [0.2, 0.25) is 0 Å². The Morgan fingerprint density at radius 2 is 1.45 bits per heavy atom. The van der Waals surface area contributed by atoms with Gasteiger partial charge in [0.15, 0.2) is 0 Å². The topological polar surface area (TPSA) is 20.2 Å². The van der Waals surface area contributed by atoms with Gasteiger partial charge in [-0.1, -0.05) is 26.7 Å². The summed E-state index contributed by atoms with van der Waals surface area (Å²) in [5, 5.41) is 9.51. The fourth-order valence-corrected chi connectivity index (χ4v) is 2.20. The van der Waals surface area contributed by atoms with Crippen LogP contribution < -0.4 is 0 Å². The molecule has 1 N–H and O–H groups in total. The summed E-state index contributed by atoms with van der Waals surface area (Å²) in [4.78, 5) is 0. The molecule has 1 nitrogen and oxygen atoms in total. The predicted molar refractivity (Wildman–Crippen MR) is 47.4 cm³/mol. The molecule has 1 aliphatic rings. The summed E-state index contributed by atoms with van der Waals surface area (Å²) in [5.41, 5.74) is 0. The Balaban J connectivity index is 2.37. The Morgan fingerprint density at radius 1 is 1.00 bits per heavy atom. The smallest absolute Gasteiger partial charge is 0.0545 e. The number of rotatable bonds is 2. The van der Waals surface area contributed by atoms with Gasteiger partial charge in [-0.3, -0.25) is 0 Å². The lowest BCUT2D eigenvalue weighted by molar-refractivity contribution is 0.0673. The average Bonchev–Trinajstić information content (AvgIpc) is 2.03. The van der Waals surface area contributed by atoms with Crippen LogP contribution in [0.5, 0.6) is 0 Å². The first-order chi connectivity index (χ1) is 5.26. The highest BCUT2D eigenvalue weighted by molar-refractivity contribution is 4.76. The monoisotopic (exact) mass is 156 g/mol. The van der Waals surface area contributed by atoms with E-state index in [1.807, 2.05) is 0 Å². The van der Waals surface area contributed by atoms with Gasteiger partial charge in [0.2, 0.25) is 0 Å². The molecule has 0 aliphatic heterocycles. The van der Waals surface area contributed by atoms with Gasteiger partial charge in [0.05, 0.1) is 6.10 Å². The Kier molecular flexibility index (Phi) is 3.38. The van der Waals surface area contributed by atoms with Gasteiger partial charge in [0.1, 0.15) is 0 Å². The van der Waals surface area contributed by atoms with Crippen molar-refractivity contribution in [3.8, 4) is 0 Å². The van der Waals surface area contributed by atoms with E-state index >= 15 is 0 Å². The molecule has 0 radical (unpaired) electrons. The molecule has 1 heteroatoms. The first-order valence-corrected chi connectivity index (χ1v) is 4.94. The molecule has 0 aromatic heterocycles. The van der Waals surface area contributed by atoms with Gasteiger partial charge in [0.25, 0.3) is 0 Å². The van der Waals surface area contributed by atoms with Crippen molar-refractivity contribution in [3.63, 3.8) is 0 Å². The van der Waals surface area contributed by atoms with Crippen LogP contribution in [0.15, 0.2) is 0 Å². The van der Waals surface area contributed by atoms with Crippen molar-refractivity contribution in [2.45, 2.75) is 52.1 Å². The fourth-order valence-electron chi connectivity index (χ4n) is 2.20. The lowest BCUT2D eigenvalue weighted by Crippen LogP contribution is -2.25. The minimum atomic E-state index is -0.00125. The molecule has 0 aromatic carbocycles. The second kappa shape index (κ2) is 4.10. The molecule has 1 rings (SSSR count). The summed E-state index contributed by atoms with van der Waals surface area (Å²) < 4.78 is 0. The van der Waals surface area contributed by atoms with E-state index in [4.69, 9.17) is 0 Å². The Morgan fingerprint density at radius 3 is 1.82 bits per heavy atom. The first-order valence-electron chi connectivity index (χ1n) is 4.94. The van der Waals surface area contributed by atoms with E-state index in [9.17, 15) is 5.11 Å². The molecular weight excluding hydrogens is 136 g/mol. The van der Waals surface area contributed by atoms with Crippen LogP contribution in [0.3, 0.4) is 0 Å². The summed E-state index contributed by atoms with van der Waals surface area (Å²) in [7, 11) is 0. The lowest BCUT2D eigenvalue weighted by Gasteiger charge is -2.31. The standard InChI is InChI=1S/C10H20O/c1-3-8-5-9(4-2)7-10(11)6-8/h8-11H,3-7H2,1-2H3/t8-,9?,10?/m1/s1. The fraction of sp³-hybridized carbons (Fsp3) is 1.00. The van der Waals surface area contributed by atoms with Gasteiger partial charge in [-0.15, -0.1) is 0 Å². The second-order valence-corrected chi connectivity index (χ2v) is 3.91. The molecule has 0 saturated heterocycles. The molecule has 2 unspecified atom stereocenters. The van der Waals surface area contributed by atoms with Crippen LogP contribution in [0, 0.1) is 11.8 Å². The Hall–Kier alpha value is -0.0400. The van der Waals surface area contributed by atoms with E-state index in [1.165, 1.54) is 19.3 Å². The van der Waals surface area contributed by atoms with Crippen molar-refractivity contribution in [1.29, 1.82) is 0 Å². The first kappa shape index (κ1) is 9.05. The molecule has 1 fully saturated rings. The highest BCUT2D eigenvalue weighted by Crippen LogP contribution is 2.32. The zero-order valence-corrected chi connectivity index (χ0v) is 7.71. The summed E-state index contributed by atoms with van der Waals surface area (Å²) in [6.07, 6.45) is 5.93. The largest absolute Gasteiger partial charge is 0.393 e. The SMILES string of the molecule is CCC1CC(O)C[C@H](CC)C1. The quantitative estimate of drug-likeness (QED) is 0.651. The highest BCUT2D eigenvalue weighted by atomic mass is 16.3. The molecule has 0 spiro atoms. The average molecular weight is 156 g/mol. The van der Waals surface area contributed by atoms with Crippen LogP contribution in [0.1, 0.15) is 46.0 Å².